The van der Waals surface area contributed by atoms with E-state index in [-0.39, 0.29) is 5.91 Å². The van der Waals surface area contributed by atoms with E-state index in [1.54, 1.807) is 0 Å². The molecule has 1 aromatic rings. The van der Waals surface area contributed by atoms with E-state index in [0.29, 0.717) is 12.1 Å². The number of hydrogen-bond donors (Lipinski definition) is 2. The maximum atomic E-state index is 12.3. The molecule has 0 spiro atoms. The molecule has 0 radical (unpaired) electrons. The molecule has 3 nitrogen and oxygen atoms in total. The Hall–Kier alpha value is -1.35. The van der Waals surface area contributed by atoms with Crippen LogP contribution in [-0.4, -0.2) is 24.5 Å². The summed E-state index contributed by atoms with van der Waals surface area (Å²) in [6.45, 7) is 1.09. The largest absolute Gasteiger partial charge is 0.348 e. The topological polar surface area (TPSA) is 41.1 Å². The molecule has 1 heterocycles. The zero-order valence-electron chi connectivity index (χ0n) is 11.3. The Kier molecular flexibility index (Phi) is 3.83. The highest BCUT2D eigenvalue weighted by Crippen LogP contribution is 2.34. The fourth-order valence-corrected chi connectivity index (χ4v) is 2.93. The van der Waals surface area contributed by atoms with Crippen molar-refractivity contribution in [1.82, 2.24) is 10.6 Å². The molecule has 3 rings (SSSR count). The number of amides is 1. The van der Waals surface area contributed by atoms with Crippen LogP contribution in [0.1, 0.15) is 42.5 Å². The van der Waals surface area contributed by atoms with Gasteiger partial charge in [-0.25, -0.2) is 0 Å². The third-order valence-corrected chi connectivity index (χ3v) is 4.22. The van der Waals surface area contributed by atoms with Crippen molar-refractivity contribution in [2.75, 3.05) is 6.54 Å². The molecule has 102 valence electrons. The van der Waals surface area contributed by atoms with Gasteiger partial charge in [0.25, 0.3) is 5.91 Å². The molecular formula is C16H22N2O. The van der Waals surface area contributed by atoms with Crippen molar-refractivity contribution in [3.8, 4) is 0 Å². The van der Waals surface area contributed by atoms with Crippen molar-refractivity contribution in [3.63, 3.8) is 0 Å². The Morgan fingerprint density at radius 2 is 2.05 bits per heavy atom. The van der Waals surface area contributed by atoms with Gasteiger partial charge in [0.2, 0.25) is 0 Å². The molecule has 1 aromatic carbocycles. The van der Waals surface area contributed by atoms with Crippen LogP contribution < -0.4 is 10.6 Å². The predicted molar refractivity (Wildman–Crippen MR) is 76.1 cm³/mol. The Morgan fingerprint density at radius 3 is 2.68 bits per heavy atom. The van der Waals surface area contributed by atoms with E-state index >= 15 is 0 Å². The molecule has 19 heavy (non-hydrogen) atoms. The van der Waals surface area contributed by atoms with Gasteiger partial charge in [-0.1, -0.05) is 31.0 Å². The van der Waals surface area contributed by atoms with Crippen molar-refractivity contribution in [1.29, 1.82) is 0 Å². The molecule has 2 unspecified atom stereocenters. The van der Waals surface area contributed by atoms with Crippen molar-refractivity contribution in [2.45, 2.75) is 44.2 Å². The van der Waals surface area contributed by atoms with Crippen LogP contribution in [0.25, 0.3) is 0 Å². The van der Waals surface area contributed by atoms with Gasteiger partial charge in [-0.2, -0.15) is 0 Å². The number of carbonyl (C=O) groups excluding carboxylic acids is 1. The van der Waals surface area contributed by atoms with E-state index < -0.39 is 0 Å². The summed E-state index contributed by atoms with van der Waals surface area (Å²) in [5, 5.41) is 6.78. The molecule has 3 heteroatoms. The first kappa shape index (κ1) is 12.7. The molecule has 1 amide bonds. The number of rotatable bonds is 5. The van der Waals surface area contributed by atoms with Crippen LogP contribution in [0.4, 0.5) is 0 Å². The lowest BCUT2D eigenvalue weighted by atomic mass is 10.00. The van der Waals surface area contributed by atoms with E-state index in [2.05, 4.69) is 10.6 Å². The number of hydrogen-bond acceptors (Lipinski definition) is 2. The zero-order valence-corrected chi connectivity index (χ0v) is 11.3. The van der Waals surface area contributed by atoms with Crippen LogP contribution in [0.2, 0.25) is 0 Å². The quantitative estimate of drug-likeness (QED) is 0.851. The van der Waals surface area contributed by atoms with Gasteiger partial charge < -0.3 is 10.6 Å². The van der Waals surface area contributed by atoms with E-state index in [0.717, 1.165) is 24.4 Å². The summed E-state index contributed by atoms with van der Waals surface area (Å²) >= 11 is 0. The Morgan fingerprint density at radius 1 is 1.26 bits per heavy atom. The van der Waals surface area contributed by atoms with Crippen LogP contribution in [-0.2, 0) is 0 Å². The molecule has 2 aliphatic rings. The summed E-state index contributed by atoms with van der Waals surface area (Å²) in [5.74, 6) is 0.906. The highest BCUT2D eigenvalue weighted by molar-refractivity contribution is 5.94. The van der Waals surface area contributed by atoms with Gasteiger partial charge in [0.15, 0.2) is 0 Å². The molecule has 0 bridgehead atoms. The summed E-state index contributed by atoms with van der Waals surface area (Å²) in [4.78, 5) is 12.3. The Bertz CT molecular complexity index is 422. The van der Waals surface area contributed by atoms with E-state index in [4.69, 9.17) is 0 Å². The van der Waals surface area contributed by atoms with Gasteiger partial charge in [-0.05, 0) is 43.9 Å². The minimum atomic E-state index is 0.0694. The summed E-state index contributed by atoms with van der Waals surface area (Å²) in [6.07, 6.45) is 6.23. The van der Waals surface area contributed by atoms with Crippen LogP contribution in [0.3, 0.4) is 0 Å². The fourth-order valence-electron chi connectivity index (χ4n) is 2.93. The van der Waals surface area contributed by atoms with E-state index in [1.165, 1.54) is 25.7 Å². The number of nitrogens with one attached hydrogen (secondary N) is 2. The highest BCUT2D eigenvalue weighted by Gasteiger charge is 2.32. The first-order valence-corrected chi connectivity index (χ1v) is 7.42. The van der Waals surface area contributed by atoms with Gasteiger partial charge in [-0.15, -0.1) is 0 Å². The summed E-state index contributed by atoms with van der Waals surface area (Å²) < 4.78 is 0. The number of benzene rings is 1. The predicted octanol–water partition coefficient (Wildman–Crippen LogP) is 2.34. The van der Waals surface area contributed by atoms with Gasteiger partial charge in [-0.3, -0.25) is 4.79 Å². The molecule has 1 aliphatic carbocycles. The van der Waals surface area contributed by atoms with Crippen LogP contribution in [0.5, 0.6) is 0 Å². The lowest BCUT2D eigenvalue weighted by Crippen LogP contribution is -2.47. The maximum Gasteiger partial charge on any atom is 0.251 e. The second kappa shape index (κ2) is 5.74. The second-order valence-corrected chi connectivity index (χ2v) is 5.83. The number of carbonyl (C=O) groups is 1. The van der Waals surface area contributed by atoms with Crippen molar-refractivity contribution < 1.29 is 4.79 Å². The molecule has 1 saturated heterocycles. The normalized spacial score (nSPS) is 24.1. The second-order valence-electron chi connectivity index (χ2n) is 5.83. The Labute approximate surface area is 114 Å². The maximum absolute atomic E-state index is 12.3. The average Bonchev–Trinajstić information content (AvgIpc) is 3.09. The summed E-state index contributed by atoms with van der Waals surface area (Å²) in [6, 6.07) is 10.3. The highest BCUT2D eigenvalue weighted by atomic mass is 16.1. The molecule has 1 aliphatic heterocycles. The van der Waals surface area contributed by atoms with Crippen molar-refractivity contribution in [3.05, 3.63) is 35.9 Å². The molecule has 1 saturated carbocycles. The van der Waals surface area contributed by atoms with Crippen LogP contribution in [0.15, 0.2) is 30.3 Å². The first-order valence-electron chi connectivity index (χ1n) is 7.42. The van der Waals surface area contributed by atoms with Crippen molar-refractivity contribution >= 4 is 5.91 Å². The third-order valence-electron chi connectivity index (χ3n) is 4.22. The van der Waals surface area contributed by atoms with E-state index in [1.807, 2.05) is 30.3 Å². The van der Waals surface area contributed by atoms with Crippen LogP contribution >= 0.6 is 0 Å². The van der Waals surface area contributed by atoms with Crippen molar-refractivity contribution in [2.24, 2.45) is 5.92 Å². The van der Waals surface area contributed by atoms with Gasteiger partial charge >= 0.3 is 0 Å². The minimum Gasteiger partial charge on any atom is -0.348 e. The van der Waals surface area contributed by atoms with Crippen LogP contribution in [0, 0.1) is 5.92 Å². The smallest absolute Gasteiger partial charge is 0.251 e. The molecule has 0 aromatic heterocycles. The van der Waals surface area contributed by atoms with Gasteiger partial charge in [0.05, 0.1) is 0 Å². The molecule has 2 N–H and O–H groups in total. The van der Waals surface area contributed by atoms with Gasteiger partial charge in [0.1, 0.15) is 0 Å². The first-order chi connectivity index (χ1) is 9.33. The standard InChI is InChI=1S/C16H22N2O/c19-16(13-5-2-1-3-6-13)18-15(11-12-8-9-12)14-7-4-10-17-14/h1-3,5-6,12,14-15,17H,4,7-11H2,(H,18,19). The monoisotopic (exact) mass is 258 g/mol. The minimum absolute atomic E-state index is 0.0694. The SMILES string of the molecule is O=C(NC(CC1CC1)C1CCCN1)c1ccccc1. The lowest BCUT2D eigenvalue weighted by Gasteiger charge is -2.25. The third kappa shape index (κ3) is 3.35. The summed E-state index contributed by atoms with van der Waals surface area (Å²) in [7, 11) is 0. The zero-order chi connectivity index (χ0) is 13.1. The molecule has 2 atom stereocenters. The molecule has 2 fully saturated rings. The average molecular weight is 258 g/mol. The van der Waals surface area contributed by atoms with E-state index in [9.17, 15) is 4.79 Å². The fraction of sp³-hybridized carbons (Fsp3) is 0.562. The summed E-state index contributed by atoms with van der Waals surface area (Å²) in [5.41, 5.74) is 0.765. The molecular weight excluding hydrogens is 236 g/mol. The van der Waals surface area contributed by atoms with Gasteiger partial charge in [0, 0.05) is 17.6 Å². The lowest BCUT2D eigenvalue weighted by molar-refractivity contribution is 0.0925. The Balaban J connectivity index is 1.64.